The lowest BCUT2D eigenvalue weighted by Crippen LogP contribution is -2.28. The van der Waals surface area contributed by atoms with E-state index in [0.29, 0.717) is 22.6 Å². The number of hydrogen-bond acceptors (Lipinski definition) is 5. The predicted molar refractivity (Wildman–Crippen MR) is 133 cm³/mol. The number of sulfonamides is 1. The van der Waals surface area contributed by atoms with Gasteiger partial charge in [0.1, 0.15) is 9.77 Å². The van der Waals surface area contributed by atoms with Gasteiger partial charge in [-0.3, -0.25) is 9.10 Å². The van der Waals surface area contributed by atoms with Crippen LogP contribution in [0.2, 0.25) is 0 Å². The molecule has 0 fully saturated rings. The topological polar surface area (TPSA) is 72.3 Å². The monoisotopic (exact) mass is 479 g/mol. The van der Waals surface area contributed by atoms with Gasteiger partial charge >= 0.3 is 0 Å². The van der Waals surface area contributed by atoms with Crippen LogP contribution in [0.3, 0.4) is 0 Å². The zero-order valence-electron chi connectivity index (χ0n) is 19.2. The van der Waals surface area contributed by atoms with Crippen LogP contribution in [0, 0.1) is 27.7 Å². The van der Waals surface area contributed by atoms with Gasteiger partial charge in [0.05, 0.1) is 11.4 Å². The molecular formula is C25H25N3O3S2. The SMILES string of the molecule is Cc1ccc(-c2csc(C(=O)n3nc(C)cc3C)c2S(=O)(=O)N(C)c2ccc(C)cc2)cc1. The summed E-state index contributed by atoms with van der Waals surface area (Å²) in [5.41, 5.74) is 5.19. The van der Waals surface area contributed by atoms with Gasteiger partial charge in [0.25, 0.3) is 15.9 Å². The summed E-state index contributed by atoms with van der Waals surface area (Å²) in [5.74, 6) is -0.458. The largest absolute Gasteiger partial charge is 0.289 e. The Morgan fingerprint density at radius 2 is 1.52 bits per heavy atom. The Kier molecular flexibility index (Phi) is 5.99. The fraction of sp³-hybridized carbons (Fsp3) is 0.200. The Labute approximate surface area is 198 Å². The number of carbonyl (C=O) groups excluding carboxylic acids is 1. The van der Waals surface area contributed by atoms with Gasteiger partial charge in [0.2, 0.25) is 0 Å². The van der Waals surface area contributed by atoms with E-state index in [-0.39, 0.29) is 9.77 Å². The lowest BCUT2D eigenvalue weighted by atomic mass is 10.1. The molecule has 0 atom stereocenters. The van der Waals surface area contributed by atoms with Crippen molar-refractivity contribution in [1.29, 1.82) is 0 Å². The summed E-state index contributed by atoms with van der Waals surface area (Å²) in [4.78, 5) is 13.6. The van der Waals surface area contributed by atoms with Crippen LogP contribution in [0.4, 0.5) is 5.69 Å². The molecule has 2 aromatic carbocycles. The highest BCUT2D eigenvalue weighted by Crippen LogP contribution is 2.38. The normalized spacial score (nSPS) is 11.5. The molecule has 0 spiro atoms. The van der Waals surface area contributed by atoms with Gasteiger partial charge in [-0.25, -0.2) is 13.1 Å². The number of hydrogen-bond donors (Lipinski definition) is 0. The third-order valence-electron chi connectivity index (χ3n) is 5.52. The lowest BCUT2D eigenvalue weighted by molar-refractivity contribution is 0.0943. The van der Waals surface area contributed by atoms with Crippen LogP contribution in [0.25, 0.3) is 11.1 Å². The zero-order chi connectivity index (χ0) is 23.9. The van der Waals surface area contributed by atoms with Crippen LogP contribution < -0.4 is 4.31 Å². The van der Waals surface area contributed by atoms with E-state index in [0.717, 1.165) is 28.0 Å². The smallest absolute Gasteiger partial charge is 0.269 e. The molecule has 0 aliphatic rings. The molecular weight excluding hydrogens is 454 g/mol. The number of aryl methyl sites for hydroxylation is 4. The zero-order valence-corrected chi connectivity index (χ0v) is 20.8. The predicted octanol–water partition coefficient (Wildman–Crippen LogP) is 5.36. The first-order valence-corrected chi connectivity index (χ1v) is 12.7. The molecule has 0 unspecified atom stereocenters. The molecule has 0 aliphatic heterocycles. The van der Waals surface area contributed by atoms with Crippen molar-refractivity contribution >= 4 is 33.0 Å². The van der Waals surface area contributed by atoms with E-state index in [2.05, 4.69) is 5.10 Å². The van der Waals surface area contributed by atoms with Gasteiger partial charge in [0, 0.05) is 23.7 Å². The van der Waals surface area contributed by atoms with E-state index < -0.39 is 15.9 Å². The van der Waals surface area contributed by atoms with Crippen molar-refractivity contribution in [2.75, 3.05) is 11.4 Å². The highest BCUT2D eigenvalue weighted by molar-refractivity contribution is 7.93. The summed E-state index contributed by atoms with van der Waals surface area (Å²) in [5, 5.41) is 6.02. The molecule has 0 N–H and O–H groups in total. The molecule has 0 saturated carbocycles. The number of benzene rings is 2. The molecule has 33 heavy (non-hydrogen) atoms. The molecule has 2 heterocycles. The molecule has 8 heteroatoms. The van der Waals surface area contributed by atoms with Gasteiger partial charge in [-0.15, -0.1) is 11.3 Å². The van der Waals surface area contributed by atoms with Crippen molar-refractivity contribution in [3.63, 3.8) is 0 Å². The molecule has 0 aliphatic carbocycles. The molecule has 0 bridgehead atoms. The second-order valence-electron chi connectivity index (χ2n) is 8.13. The first-order valence-electron chi connectivity index (χ1n) is 10.4. The summed E-state index contributed by atoms with van der Waals surface area (Å²) in [6.07, 6.45) is 0. The lowest BCUT2D eigenvalue weighted by Gasteiger charge is -2.21. The Balaban J connectivity index is 1.92. The van der Waals surface area contributed by atoms with Gasteiger partial charge < -0.3 is 0 Å². The molecule has 6 nitrogen and oxygen atoms in total. The van der Waals surface area contributed by atoms with Crippen LogP contribution in [0.5, 0.6) is 0 Å². The van der Waals surface area contributed by atoms with Gasteiger partial charge in [-0.2, -0.15) is 5.10 Å². The second kappa shape index (κ2) is 8.61. The van der Waals surface area contributed by atoms with Crippen LogP contribution >= 0.6 is 11.3 Å². The maximum Gasteiger partial charge on any atom is 0.289 e. The van der Waals surface area contributed by atoms with E-state index in [1.165, 1.54) is 16.0 Å². The number of anilines is 1. The van der Waals surface area contributed by atoms with E-state index in [1.807, 2.05) is 50.2 Å². The average molecular weight is 480 g/mol. The van der Waals surface area contributed by atoms with Crippen molar-refractivity contribution in [3.05, 3.63) is 87.4 Å². The fourth-order valence-electron chi connectivity index (χ4n) is 3.64. The Hall–Kier alpha value is -3.23. The average Bonchev–Trinajstić information content (AvgIpc) is 3.37. The summed E-state index contributed by atoms with van der Waals surface area (Å²) in [6.45, 7) is 7.49. The van der Waals surface area contributed by atoms with Crippen molar-refractivity contribution in [1.82, 2.24) is 9.78 Å². The molecule has 4 aromatic rings. The Morgan fingerprint density at radius 3 is 2.06 bits per heavy atom. The number of thiophene rings is 1. The van der Waals surface area contributed by atoms with Crippen LogP contribution in [-0.2, 0) is 10.0 Å². The van der Waals surface area contributed by atoms with E-state index in [1.54, 1.807) is 37.4 Å². The van der Waals surface area contributed by atoms with Crippen LogP contribution in [-0.4, -0.2) is 31.2 Å². The van der Waals surface area contributed by atoms with Crippen molar-refractivity contribution < 1.29 is 13.2 Å². The third kappa shape index (κ3) is 4.24. The van der Waals surface area contributed by atoms with Crippen molar-refractivity contribution in [2.24, 2.45) is 0 Å². The minimum Gasteiger partial charge on any atom is -0.269 e. The summed E-state index contributed by atoms with van der Waals surface area (Å²) in [6, 6.07) is 16.6. The third-order valence-corrected chi connectivity index (χ3v) is 8.49. The fourth-order valence-corrected chi connectivity index (χ4v) is 6.52. The number of carbonyl (C=O) groups is 1. The van der Waals surface area contributed by atoms with Crippen molar-refractivity contribution in [2.45, 2.75) is 32.6 Å². The summed E-state index contributed by atoms with van der Waals surface area (Å²) < 4.78 is 30.4. The highest BCUT2D eigenvalue weighted by atomic mass is 32.2. The minimum absolute atomic E-state index is 0.00280. The van der Waals surface area contributed by atoms with E-state index in [9.17, 15) is 13.2 Å². The maximum atomic E-state index is 13.9. The Morgan fingerprint density at radius 1 is 0.939 bits per heavy atom. The Bertz CT molecular complexity index is 1430. The highest BCUT2D eigenvalue weighted by Gasteiger charge is 2.33. The molecule has 170 valence electrons. The van der Waals surface area contributed by atoms with E-state index in [4.69, 9.17) is 0 Å². The maximum absolute atomic E-state index is 13.9. The number of rotatable bonds is 5. The van der Waals surface area contributed by atoms with Gasteiger partial charge in [-0.1, -0.05) is 47.5 Å². The van der Waals surface area contributed by atoms with Crippen LogP contribution in [0.1, 0.15) is 32.2 Å². The number of nitrogens with zero attached hydrogens (tertiary/aromatic N) is 3. The second-order valence-corrected chi connectivity index (χ2v) is 10.9. The quantitative estimate of drug-likeness (QED) is 0.386. The molecule has 0 saturated heterocycles. The van der Waals surface area contributed by atoms with Gasteiger partial charge in [0.15, 0.2) is 0 Å². The summed E-state index contributed by atoms with van der Waals surface area (Å²) in [7, 11) is -2.55. The minimum atomic E-state index is -4.06. The van der Waals surface area contributed by atoms with Gasteiger partial charge in [-0.05, 0) is 51.5 Å². The van der Waals surface area contributed by atoms with Crippen molar-refractivity contribution in [3.8, 4) is 11.1 Å². The first kappa shape index (κ1) is 22.9. The summed E-state index contributed by atoms with van der Waals surface area (Å²) >= 11 is 1.12. The standard InChI is InChI=1S/C25H25N3O3S2/c1-16-6-10-20(11-7-16)22-15-32-23(25(29)28-19(4)14-18(3)26-28)24(22)33(30,31)27(5)21-12-8-17(2)9-13-21/h6-15H,1-5H3. The van der Waals surface area contributed by atoms with E-state index >= 15 is 0 Å². The van der Waals surface area contributed by atoms with Crippen LogP contribution in [0.15, 0.2) is 64.9 Å². The molecule has 0 amide bonds. The molecule has 0 radical (unpaired) electrons. The number of aromatic nitrogens is 2. The molecule has 2 aromatic heterocycles. The first-order chi connectivity index (χ1) is 15.6. The molecule has 4 rings (SSSR count).